The zero-order chi connectivity index (χ0) is 36.7. The fraction of sp³-hybridized carbons (Fsp3) is 0.594. The van der Waals surface area contributed by atoms with Gasteiger partial charge in [0.05, 0.1) is 39.1 Å². The van der Waals surface area contributed by atoms with E-state index in [1.54, 1.807) is 0 Å². The number of H-pyrrole nitrogens is 3. The van der Waals surface area contributed by atoms with Gasteiger partial charge in [0.25, 0.3) is 11.8 Å². The van der Waals surface area contributed by atoms with E-state index < -0.39 is 28.3 Å². The van der Waals surface area contributed by atoms with Crippen LogP contribution in [-0.4, -0.2) is 112 Å². The van der Waals surface area contributed by atoms with Crippen LogP contribution in [0.1, 0.15) is 108 Å². The standard InChI is InChI=1S/C32H48N10O9/c1-2-3-4-5-6-7-8-9-10-11-12-33-29(43)22-51-18-17-50-16-15-49-14-13-34-31(45)26-20-27(40-39-26)35-32(46)25-19-23(36-38-25)30(44)24-21-28(41-37-24)42(47)48/h19-21H,2-18,22H2,1H3,(H,33,43)(H,34,45)(H,36,38)(H,37,41)(H2,35,39,40,46). The summed E-state index contributed by atoms with van der Waals surface area (Å²) in [5.74, 6) is -2.46. The van der Waals surface area contributed by atoms with Crippen molar-refractivity contribution in [2.75, 3.05) is 58.0 Å². The highest BCUT2D eigenvalue weighted by molar-refractivity contribution is 6.09. The van der Waals surface area contributed by atoms with E-state index in [1.807, 2.05) is 0 Å². The molecule has 0 bridgehead atoms. The quantitative estimate of drug-likeness (QED) is 0.0274. The summed E-state index contributed by atoms with van der Waals surface area (Å²) >= 11 is 0. The van der Waals surface area contributed by atoms with Crippen LogP contribution in [0.15, 0.2) is 18.2 Å². The average Bonchev–Trinajstić information content (AvgIpc) is 3.91. The monoisotopic (exact) mass is 716 g/mol. The molecular formula is C32H48N10O9. The molecule has 0 saturated carbocycles. The molecule has 0 aromatic carbocycles. The van der Waals surface area contributed by atoms with E-state index in [1.165, 1.54) is 57.4 Å². The van der Waals surface area contributed by atoms with Crippen LogP contribution in [0.2, 0.25) is 0 Å². The molecule has 19 heteroatoms. The zero-order valence-electron chi connectivity index (χ0n) is 28.9. The van der Waals surface area contributed by atoms with Gasteiger partial charge >= 0.3 is 5.82 Å². The molecule has 0 aliphatic rings. The largest absolute Gasteiger partial charge is 0.377 e. The molecular weight excluding hydrogens is 668 g/mol. The summed E-state index contributed by atoms with van der Waals surface area (Å²) < 4.78 is 16.2. The first kappa shape index (κ1) is 40.4. The number of hydrogen-bond donors (Lipinski definition) is 6. The lowest BCUT2D eigenvalue weighted by Crippen LogP contribution is -2.29. The summed E-state index contributed by atoms with van der Waals surface area (Å²) in [7, 11) is 0. The molecule has 3 rings (SSSR count). The first-order chi connectivity index (χ1) is 24.8. The number of hydrogen-bond acceptors (Lipinski definition) is 12. The smallest absolute Gasteiger partial charge is 0.343 e. The van der Waals surface area contributed by atoms with Crippen LogP contribution in [0, 0.1) is 10.1 Å². The molecule has 3 heterocycles. The van der Waals surface area contributed by atoms with Crippen molar-refractivity contribution in [3.63, 3.8) is 0 Å². The summed E-state index contributed by atoms with van der Waals surface area (Å²) in [4.78, 5) is 59.3. The van der Waals surface area contributed by atoms with Crippen molar-refractivity contribution in [1.29, 1.82) is 0 Å². The van der Waals surface area contributed by atoms with Gasteiger partial charge in [0.1, 0.15) is 23.7 Å². The maximum atomic E-state index is 12.5. The Morgan fingerprint density at radius 2 is 1.27 bits per heavy atom. The van der Waals surface area contributed by atoms with Gasteiger partial charge in [-0.1, -0.05) is 69.8 Å². The van der Waals surface area contributed by atoms with E-state index in [2.05, 4.69) is 53.5 Å². The van der Waals surface area contributed by atoms with E-state index in [9.17, 15) is 29.3 Å². The number of rotatable bonds is 28. The predicted octanol–water partition coefficient (Wildman–Crippen LogP) is 3.06. The number of carbonyl (C=O) groups excluding carboxylic acids is 4. The third-order valence-corrected chi connectivity index (χ3v) is 7.47. The number of aromatic nitrogens is 6. The van der Waals surface area contributed by atoms with Crippen molar-refractivity contribution in [2.24, 2.45) is 0 Å². The fourth-order valence-corrected chi connectivity index (χ4v) is 4.72. The Bertz CT molecular complexity index is 1520. The molecule has 0 atom stereocenters. The van der Waals surface area contributed by atoms with Gasteiger partial charge in [0, 0.05) is 25.2 Å². The van der Waals surface area contributed by atoms with Crippen molar-refractivity contribution in [3.05, 3.63) is 51.1 Å². The van der Waals surface area contributed by atoms with Crippen molar-refractivity contribution < 1.29 is 38.3 Å². The molecule has 3 amide bonds. The Morgan fingerprint density at radius 3 is 1.96 bits per heavy atom. The van der Waals surface area contributed by atoms with Gasteiger partial charge in [0.2, 0.25) is 11.7 Å². The van der Waals surface area contributed by atoms with Gasteiger partial charge < -0.3 is 40.3 Å². The summed E-state index contributed by atoms with van der Waals surface area (Å²) in [6.07, 6.45) is 12.5. The molecule has 280 valence electrons. The summed E-state index contributed by atoms with van der Waals surface area (Å²) in [5, 5.41) is 37.0. The lowest BCUT2D eigenvalue weighted by atomic mass is 10.1. The summed E-state index contributed by atoms with van der Waals surface area (Å²) in [6.45, 7) is 4.58. The second-order valence-corrected chi connectivity index (χ2v) is 11.6. The Kier molecular flexibility index (Phi) is 18.5. The van der Waals surface area contributed by atoms with Crippen molar-refractivity contribution >= 4 is 35.1 Å². The molecule has 0 unspecified atom stereocenters. The number of ether oxygens (including phenoxy) is 3. The average molecular weight is 717 g/mol. The number of unbranched alkanes of at least 4 members (excludes halogenated alkanes) is 9. The number of anilines is 1. The molecule has 51 heavy (non-hydrogen) atoms. The SMILES string of the molecule is CCCCCCCCCCCCNC(=O)COCCOCCOCCNC(=O)c1cc(NC(=O)c2cc(C(=O)c3cc([N+](=O)[O-])[nH]n3)n[nH]2)n[nH]1. The third kappa shape index (κ3) is 15.6. The number of ketones is 1. The van der Waals surface area contributed by atoms with Crippen molar-refractivity contribution in [3.8, 4) is 0 Å². The molecule has 19 nitrogen and oxygen atoms in total. The number of nitro groups is 1. The van der Waals surface area contributed by atoms with Gasteiger partial charge in [-0.15, -0.1) is 5.10 Å². The van der Waals surface area contributed by atoms with Gasteiger partial charge in [-0.05, 0) is 11.3 Å². The van der Waals surface area contributed by atoms with E-state index in [0.29, 0.717) is 26.4 Å². The van der Waals surface area contributed by atoms with Crippen LogP contribution in [0.3, 0.4) is 0 Å². The summed E-state index contributed by atoms with van der Waals surface area (Å²) in [5.41, 5.74) is -0.432. The van der Waals surface area contributed by atoms with Crippen LogP contribution in [0.25, 0.3) is 0 Å². The number of aromatic amines is 3. The van der Waals surface area contributed by atoms with E-state index in [4.69, 9.17) is 14.2 Å². The van der Waals surface area contributed by atoms with E-state index in [0.717, 1.165) is 25.0 Å². The van der Waals surface area contributed by atoms with Gasteiger partial charge in [-0.3, -0.25) is 29.4 Å². The van der Waals surface area contributed by atoms with E-state index in [-0.39, 0.29) is 60.9 Å². The second kappa shape index (κ2) is 23.4. The molecule has 0 fully saturated rings. The molecule has 3 aromatic rings. The van der Waals surface area contributed by atoms with Gasteiger partial charge in [0.15, 0.2) is 11.5 Å². The normalized spacial score (nSPS) is 11.0. The second-order valence-electron chi connectivity index (χ2n) is 11.6. The third-order valence-electron chi connectivity index (χ3n) is 7.47. The maximum Gasteiger partial charge on any atom is 0.343 e. The number of nitrogens with zero attached hydrogens (tertiary/aromatic N) is 4. The Morgan fingerprint density at radius 1 is 0.686 bits per heavy atom. The molecule has 0 aliphatic carbocycles. The highest BCUT2D eigenvalue weighted by Gasteiger charge is 2.22. The van der Waals surface area contributed by atoms with Crippen LogP contribution in [-0.2, 0) is 19.0 Å². The Labute approximate surface area is 294 Å². The maximum absolute atomic E-state index is 12.5. The molecule has 6 N–H and O–H groups in total. The van der Waals surface area contributed by atoms with Crippen LogP contribution < -0.4 is 16.0 Å². The van der Waals surface area contributed by atoms with Gasteiger partial charge in [-0.2, -0.15) is 10.2 Å². The number of carbonyl (C=O) groups is 4. The molecule has 0 spiro atoms. The summed E-state index contributed by atoms with van der Waals surface area (Å²) in [6, 6.07) is 3.42. The first-order valence-corrected chi connectivity index (χ1v) is 17.2. The fourth-order valence-electron chi connectivity index (χ4n) is 4.72. The highest BCUT2D eigenvalue weighted by atomic mass is 16.6. The van der Waals surface area contributed by atoms with Crippen molar-refractivity contribution in [1.82, 2.24) is 41.2 Å². The minimum Gasteiger partial charge on any atom is -0.377 e. The molecule has 3 aromatic heterocycles. The van der Waals surface area contributed by atoms with Crippen molar-refractivity contribution in [2.45, 2.75) is 71.1 Å². The lowest BCUT2D eigenvalue weighted by molar-refractivity contribution is -0.389. The predicted molar refractivity (Wildman–Crippen MR) is 183 cm³/mol. The highest BCUT2D eigenvalue weighted by Crippen LogP contribution is 2.14. The Hall–Kier alpha value is -5.01. The lowest BCUT2D eigenvalue weighted by Gasteiger charge is -2.08. The van der Waals surface area contributed by atoms with Crippen LogP contribution >= 0.6 is 0 Å². The van der Waals surface area contributed by atoms with Crippen LogP contribution in [0.5, 0.6) is 0 Å². The first-order valence-electron chi connectivity index (χ1n) is 17.2. The number of amides is 3. The Balaban J connectivity index is 1.15. The number of nitrogens with one attached hydrogen (secondary N) is 6. The van der Waals surface area contributed by atoms with E-state index >= 15 is 0 Å². The molecule has 0 aliphatic heterocycles. The topological polar surface area (TPSA) is 261 Å². The minimum atomic E-state index is -0.735. The molecule has 0 radical (unpaired) electrons. The zero-order valence-corrected chi connectivity index (χ0v) is 28.9. The van der Waals surface area contributed by atoms with Gasteiger partial charge in [-0.25, -0.2) is 0 Å². The molecule has 0 saturated heterocycles. The minimum absolute atomic E-state index is 0.000633. The van der Waals surface area contributed by atoms with Crippen LogP contribution in [0.4, 0.5) is 11.6 Å².